The van der Waals surface area contributed by atoms with Crippen LogP contribution in [0.25, 0.3) is 0 Å². The number of esters is 4. The number of ether oxygens (including phenoxy) is 5. The normalized spacial score (nSPS) is 24.9. The summed E-state index contributed by atoms with van der Waals surface area (Å²) in [5.41, 5.74) is 2.58. The van der Waals surface area contributed by atoms with Gasteiger partial charge in [0.1, 0.15) is 6.10 Å². The Hall–Kier alpha value is -4.18. The summed E-state index contributed by atoms with van der Waals surface area (Å²) in [6, 6.07) is 8.39. The van der Waals surface area contributed by atoms with Gasteiger partial charge in [0.25, 0.3) is 0 Å². The van der Waals surface area contributed by atoms with Gasteiger partial charge in [-0.3, -0.25) is 14.4 Å². The maximum atomic E-state index is 13.0. The number of rotatable bonds is 8. The average Bonchev–Trinajstić information content (AvgIpc) is 2.96. The van der Waals surface area contributed by atoms with Crippen molar-refractivity contribution in [2.45, 2.75) is 85.1 Å². The second-order valence-corrected chi connectivity index (χ2v) is 11.0. The molecule has 0 bridgehead atoms. The van der Waals surface area contributed by atoms with Crippen LogP contribution in [-0.4, -0.2) is 59.7 Å². The fourth-order valence-corrected chi connectivity index (χ4v) is 5.35. The first-order chi connectivity index (χ1) is 20.3. The molecule has 1 heterocycles. The highest BCUT2D eigenvalue weighted by atomic mass is 16.7. The second kappa shape index (κ2) is 14.8. The lowest BCUT2D eigenvalue weighted by Gasteiger charge is -2.42. The van der Waals surface area contributed by atoms with E-state index in [1.165, 1.54) is 27.0 Å². The van der Waals surface area contributed by atoms with E-state index in [1.807, 2.05) is 20.8 Å². The molecular formula is C33H40O10. The summed E-state index contributed by atoms with van der Waals surface area (Å²) >= 11 is 0. The van der Waals surface area contributed by atoms with E-state index in [1.54, 1.807) is 42.5 Å². The Morgan fingerprint density at radius 3 is 2.21 bits per heavy atom. The lowest BCUT2D eigenvalue weighted by Crippen LogP contribution is -2.47. The van der Waals surface area contributed by atoms with E-state index in [-0.39, 0.29) is 5.57 Å². The second-order valence-electron chi connectivity index (χ2n) is 11.0. The molecule has 0 fully saturated rings. The van der Waals surface area contributed by atoms with Crippen LogP contribution in [0.5, 0.6) is 0 Å². The molecule has 3 rings (SSSR count). The van der Waals surface area contributed by atoms with Crippen molar-refractivity contribution >= 4 is 23.9 Å². The lowest BCUT2D eigenvalue weighted by atomic mass is 9.73. The Morgan fingerprint density at radius 1 is 0.977 bits per heavy atom. The molecule has 232 valence electrons. The largest absolute Gasteiger partial charge is 0.462 e. The Bertz CT molecular complexity index is 1300. The van der Waals surface area contributed by atoms with Crippen molar-refractivity contribution in [3.8, 4) is 0 Å². The van der Waals surface area contributed by atoms with Gasteiger partial charge in [0.15, 0.2) is 18.3 Å². The van der Waals surface area contributed by atoms with Crippen LogP contribution in [0.3, 0.4) is 0 Å². The van der Waals surface area contributed by atoms with Crippen molar-refractivity contribution in [1.29, 1.82) is 0 Å². The van der Waals surface area contributed by atoms with Crippen molar-refractivity contribution in [2.75, 3.05) is 0 Å². The number of hydrogen-bond donors (Lipinski definition) is 1. The first kappa shape index (κ1) is 33.3. The molecule has 1 aliphatic heterocycles. The lowest BCUT2D eigenvalue weighted by molar-refractivity contribution is -0.184. The minimum absolute atomic E-state index is 0.187. The molecule has 10 nitrogen and oxygen atoms in total. The summed E-state index contributed by atoms with van der Waals surface area (Å²) in [6.07, 6.45) is -0.189. The molecule has 43 heavy (non-hydrogen) atoms. The third-order valence-electron chi connectivity index (χ3n) is 7.17. The molecule has 0 saturated carbocycles. The Kier molecular flexibility index (Phi) is 11.5. The topological polar surface area (TPSA) is 135 Å². The van der Waals surface area contributed by atoms with Crippen LogP contribution in [0.4, 0.5) is 0 Å². The van der Waals surface area contributed by atoms with Crippen molar-refractivity contribution in [3.63, 3.8) is 0 Å². The van der Waals surface area contributed by atoms with E-state index in [0.29, 0.717) is 24.0 Å². The first-order valence-corrected chi connectivity index (χ1v) is 14.1. The number of fused-ring (bicyclic) bond motifs is 1. The standard InChI is InChI=1S/C33H40O10/c1-18(2)15-28(40-21(5)34)31(41-22(6)35)26-17-39-33(42-23(7)36)29-20(4)30(37)27(16-19(3)13-14-25(26)29)43-32(38)24-11-9-8-10-12-24/h8-12,15-17,25,27-31,33,37H,4,13-14H2,1-3,5-7H3/t25-,27+,28-,29+,30+,31+,33-/m1/s1. The van der Waals surface area contributed by atoms with E-state index in [9.17, 15) is 24.3 Å². The zero-order valence-corrected chi connectivity index (χ0v) is 25.4. The average molecular weight is 597 g/mol. The third kappa shape index (κ3) is 8.90. The highest BCUT2D eigenvalue weighted by Gasteiger charge is 2.48. The van der Waals surface area contributed by atoms with Gasteiger partial charge in [0.2, 0.25) is 6.29 Å². The molecule has 1 N–H and O–H groups in total. The number of hydrogen-bond acceptors (Lipinski definition) is 10. The first-order valence-electron chi connectivity index (χ1n) is 14.1. The number of aliphatic hydroxyl groups excluding tert-OH is 1. The van der Waals surface area contributed by atoms with Crippen molar-refractivity contribution in [1.82, 2.24) is 0 Å². The predicted octanol–water partition coefficient (Wildman–Crippen LogP) is 4.73. The van der Waals surface area contributed by atoms with E-state index < -0.39 is 66.4 Å². The highest BCUT2D eigenvalue weighted by Crippen LogP contribution is 2.44. The van der Waals surface area contributed by atoms with Crippen LogP contribution in [0, 0.1) is 11.8 Å². The Morgan fingerprint density at radius 2 is 1.63 bits per heavy atom. The highest BCUT2D eigenvalue weighted by molar-refractivity contribution is 5.89. The summed E-state index contributed by atoms with van der Waals surface area (Å²) in [4.78, 5) is 49.4. The van der Waals surface area contributed by atoms with Crippen LogP contribution in [-0.2, 0) is 38.1 Å². The molecular weight excluding hydrogens is 556 g/mol. The Labute approximate surface area is 252 Å². The van der Waals surface area contributed by atoms with Gasteiger partial charge in [-0.05, 0) is 63.5 Å². The van der Waals surface area contributed by atoms with Gasteiger partial charge in [0.05, 0.1) is 17.7 Å². The van der Waals surface area contributed by atoms with Crippen LogP contribution < -0.4 is 0 Å². The quantitative estimate of drug-likeness (QED) is 0.255. The number of aliphatic hydroxyl groups is 1. The zero-order valence-electron chi connectivity index (χ0n) is 25.4. The maximum Gasteiger partial charge on any atom is 0.338 e. The third-order valence-corrected chi connectivity index (χ3v) is 7.17. The van der Waals surface area contributed by atoms with Crippen molar-refractivity contribution in [3.05, 3.63) is 83.2 Å². The molecule has 0 saturated heterocycles. The molecule has 0 unspecified atom stereocenters. The van der Waals surface area contributed by atoms with Gasteiger partial charge >= 0.3 is 23.9 Å². The number of carbonyl (C=O) groups excluding carboxylic acids is 4. The SMILES string of the molecule is C=C1[C@@H]2[C@@H](OC(C)=O)OC=C([C@H](OC(C)=O)[C@@H](C=C(C)C)OC(C)=O)[C@H]2CCC(C)=C[C@H](OC(=O)c2ccccc2)[C@H]1O. The van der Waals surface area contributed by atoms with Gasteiger partial charge in [-0.1, -0.05) is 35.9 Å². The number of carbonyl (C=O) groups is 4. The molecule has 1 aromatic carbocycles. The van der Waals surface area contributed by atoms with Crippen molar-refractivity contribution < 1.29 is 48.0 Å². The molecule has 1 aromatic rings. The van der Waals surface area contributed by atoms with Gasteiger partial charge < -0.3 is 28.8 Å². The van der Waals surface area contributed by atoms with Crippen molar-refractivity contribution in [2.24, 2.45) is 11.8 Å². The summed E-state index contributed by atoms with van der Waals surface area (Å²) in [5, 5.41) is 11.6. The number of benzene rings is 1. The molecule has 0 spiro atoms. The Balaban J connectivity index is 2.09. The van der Waals surface area contributed by atoms with Crippen LogP contribution in [0.1, 0.15) is 64.7 Å². The van der Waals surface area contributed by atoms with E-state index in [0.717, 1.165) is 11.1 Å². The summed E-state index contributed by atoms with van der Waals surface area (Å²) in [6.45, 7) is 13.4. The van der Waals surface area contributed by atoms with Crippen LogP contribution >= 0.6 is 0 Å². The zero-order chi connectivity index (χ0) is 31.8. The molecule has 10 heteroatoms. The molecule has 0 amide bonds. The molecule has 0 aromatic heterocycles. The van der Waals surface area contributed by atoms with Gasteiger partial charge in [0, 0.05) is 32.3 Å². The molecule has 7 atom stereocenters. The van der Waals surface area contributed by atoms with Gasteiger partial charge in [-0.2, -0.15) is 0 Å². The van der Waals surface area contributed by atoms with E-state index >= 15 is 0 Å². The van der Waals surface area contributed by atoms with Gasteiger partial charge in [-0.25, -0.2) is 4.79 Å². The summed E-state index contributed by atoms with van der Waals surface area (Å²) in [7, 11) is 0. The van der Waals surface area contributed by atoms with E-state index in [4.69, 9.17) is 23.7 Å². The fraction of sp³-hybridized carbons (Fsp3) is 0.455. The van der Waals surface area contributed by atoms with Crippen LogP contribution in [0.2, 0.25) is 0 Å². The van der Waals surface area contributed by atoms with E-state index in [2.05, 4.69) is 6.58 Å². The number of allylic oxidation sites excluding steroid dienone is 2. The summed E-state index contributed by atoms with van der Waals surface area (Å²) < 4.78 is 28.5. The minimum Gasteiger partial charge on any atom is -0.462 e. The summed E-state index contributed by atoms with van der Waals surface area (Å²) in [5.74, 6) is -3.85. The minimum atomic E-state index is -1.41. The smallest absolute Gasteiger partial charge is 0.338 e. The van der Waals surface area contributed by atoms with Gasteiger partial charge in [-0.15, -0.1) is 0 Å². The fourth-order valence-electron chi connectivity index (χ4n) is 5.35. The molecule has 0 radical (unpaired) electrons. The monoisotopic (exact) mass is 596 g/mol. The predicted molar refractivity (Wildman–Crippen MR) is 156 cm³/mol. The molecule has 2 aliphatic rings. The molecule has 1 aliphatic carbocycles. The maximum absolute atomic E-state index is 13.0. The van der Waals surface area contributed by atoms with Crippen LogP contribution in [0.15, 0.2) is 77.6 Å².